The summed E-state index contributed by atoms with van der Waals surface area (Å²) in [6.07, 6.45) is 0.525. The Morgan fingerprint density at radius 3 is 2.47 bits per heavy atom. The highest BCUT2D eigenvalue weighted by Gasteiger charge is 2.43. The molecule has 2 aromatic heterocycles. The fourth-order valence-electron chi connectivity index (χ4n) is 5.77. The lowest BCUT2D eigenvalue weighted by Gasteiger charge is -2.28. The molecular weight excluding hydrogens is 450 g/mol. The van der Waals surface area contributed by atoms with Gasteiger partial charge in [0.25, 0.3) is 0 Å². The van der Waals surface area contributed by atoms with E-state index in [-0.39, 0.29) is 23.1 Å². The molecule has 0 amide bonds. The van der Waals surface area contributed by atoms with Crippen molar-refractivity contribution in [2.75, 3.05) is 38.2 Å². The number of ether oxygens (including phenoxy) is 1. The number of nitrogens with zero attached hydrogens (tertiary/aromatic N) is 4. The Hall–Kier alpha value is -2.33. The van der Waals surface area contributed by atoms with Crippen molar-refractivity contribution < 1.29 is 22.3 Å². The first-order valence-corrected chi connectivity index (χ1v) is 11.9. The van der Waals surface area contributed by atoms with Gasteiger partial charge in [-0.3, -0.25) is 0 Å². The highest BCUT2D eigenvalue weighted by atomic mass is 19.4. The molecule has 10 heteroatoms. The zero-order chi connectivity index (χ0) is 23.9. The molecule has 5 rings (SSSR count). The number of hydrogen-bond donors (Lipinski definition) is 1. The smallest absolute Gasteiger partial charge is 0.381 e. The van der Waals surface area contributed by atoms with Gasteiger partial charge in [-0.25, -0.2) is 4.98 Å². The maximum absolute atomic E-state index is 13.9. The topological polar surface area (TPSA) is 63.2 Å². The van der Waals surface area contributed by atoms with E-state index < -0.39 is 17.7 Å². The Bertz CT molecular complexity index is 1010. The van der Waals surface area contributed by atoms with Gasteiger partial charge < -0.3 is 15.0 Å². The maximum atomic E-state index is 13.9. The number of hydrogen-bond acceptors (Lipinski definition) is 6. The van der Waals surface area contributed by atoms with Gasteiger partial charge in [0.2, 0.25) is 5.95 Å². The summed E-state index contributed by atoms with van der Waals surface area (Å²) in [6.45, 7) is 6.43. The van der Waals surface area contributed by atoms with Gasteiger partial charge in [-0.15, -0.1) is 10.2 Å². The quantitative estimate of drug-likeness (QED) is 0.501. The molecule has 1 aliphatic carbocycles. The minimum absolute atomic E-state index is 0.0243. The van der Waals surface area contributed by atoms with Crippen molar-refractivity contribution in [2.24, 2.45) is 17.8 Å². The molecule has 0 aromatic carbocycles. The van der Waals surface area contributed by atoms with Crippen molar-refractivity contribution in [1.29, 1.82) is 0 Å². The number of fused-ring (bicyclic) bond motifs is 1. The van der Waals surface area contributed by atoms with Crippen molar-refractivity contribution >= 4 is 5.82 Å². The zero-order valence-electron chi connectivity index (χ0n) is 19.1. The molecule has 0 unspecified atom stereocenters. The number of nitrogens with one attached hydrogen (secondary N) is 1. The fourth-order valence-corrected chi connectivity index (χ4v) is 5.77. The van der Waals surface area contributed by atoms with E-state index >= 15 is 0 Å². The third kappa shape index (κ3) is 5.02. The number of anilines is 1. The van der Waals surface area contributed by atoms with Crippen molar-refractivity contribution in [2.45, 2.75) is 44.8 Å². The number of aromatic nitrogens is 3. The number of aryl methyl sites for hydroxylation is 1. The molecule has 1 saturated carbocycles. The average molecular weight is 480 g/mol. The summed E-state index contributed by atoms with van der Waals surface area (Å²) in [7, 11) is 0. The van der Waals surface area contributed by atoms with Crippen LogP contribution in [0.3, 0.4) is 0 Å². The normalized spacial score (nSPS) is 26.1. The molecule has 0 spiro atoms. The number of likely N-dealkylation sites (tertiary alicyclic amines) is 1. The largest absolute Gasteiger partial charge is 0.420 e. The van der Waals surface area contributed by atoms with Crippen LogP contribution in [0.1, 0.15) is 36.8 Å². The minimum Gasteiger partial charge on any atom is -0.381 e. The first-order valence-electron chi connectivity index (χ1n) is 11.9. The first kappa shape index (κ1) is 23.4. The molecule has 3 atom stereocenters. The van der Waals surface area contributed by atoms with Crippen LogP contribution in [0, 0.1) is 30.6 Å². The predicted octanol–water partition coefficient (Wildman–Crippen LogP) is 4.55. The van der Waals surface area contributed by atoms with Crippen molar-refractivity contribution in [3.63, 3.8) is 0 Å². The third-order valence-corrected chi connectivity index (χ3v) is 7.47. The lowest BCUT2D eigenvalue weighted by atomic mass is 10.00. The second-order valence-electron chi connectivity index (χ2n) is 9.92. The van der Waals surface area contributed by atoms with Crippen LogP contribution in [0.15, 0.2) is 18.3 Å². The van der Waals surface area contributed by atoms with Crippen molar-refractivity contribution in [1.82, 2.24) is 20.1 Å². The molecule has 2 saturated heterocycles. The molecular formula is C24H29F4N5O. The van der Waals surface area contributed by atoms with Gasteiger partial charge in [-0.05, 0) is 62.0 Å². The molecule has 0 radical (unpaired) electrons. The molecule has 3 fully saturated rings. The number of halogens is 4. The summed E-state index contributed by atoms with van der Waals surface area (Å²) in [5.74, 6) is 0.624. The van der Waals surface area contributed by atoms with Crippen molar-refractivity contribution in [3.8, 4) is 11.3 Å². The molecule has 3 aliphatic rings. The van der Waals surface area contributed by atoms with Crippen LogP contribution in [0.4, 0.5) is 23.4 Å². The highest BCUT2D eigenvalue weighted by Crippen LogP contribution is 2.42. The van der Waals surface area contributed by atoms with E-state index in [9.17, 15) is 17.6 Å². The van der Waals surface area contributed by atoms with E-state index in [1.807, 2.05) is 0 Å². The van der Waals surface area contributed by atoms with E-state index in [4.69, 9.17) is 4.74 Å². The van der Waals surface area contributed by atoms with Gasteiger partial charge in [0.1, 0.15) is 5.56 Å². The molecule has 6 nitrogen and oxygen atoms in total. The Labute approximate surface area is 196 Å². The Kier molecular flexibility index (Phi) is 6.45. The summed E-state index contributed by atoms with van der Waals surface area (Å²) in [5, 5.41) is 10.9. The molecule has 4 heterocycles. The summed E-state index contributed by atoms with van der Waals surface area (Å²) in [5.41, 5.74) is -0.133. The molecule has 2 aromatic rings. The number of alkyl halides is 3. The van der Waals surface area contributed by atoms with Gasteiger partial charge in [-0.2, -0.15) is 17.6 Å². The monoisotopic (exact) mass is 479 g/mol. The van der Waals surface area contributed by atoms with E-state index in [0.29, 0.717) is 23.3 Å². The standard InChI is InChI=1S/C24H29F4N5O/c1-14-10-29-22(25)8-19(14)21-9-20(24(26,27)28)23(32-31-21)30-18-6-16-12-33(13-17(16)7-18)11-15-2-4-34-5-3-15/h8-10,15-18H,2-7,11-13H2,1H3,(H,30,32)/t16-,17+,18+. The fraction of sp³-hybridized carbons (Fsp3) is 0.625. The minimum atomic E-state index is -4.61. The Balaban J connectivity index is 1.26. The SMILES string of the molecule is Cc1cnc(F)cc1-c1cc(C(F)(F)F)c(N[C@H]2C[C@@H]3CN(CC4CCOCC4)C[C@@H]3C2)nn1. The van der Waals surface area contributed by atoms with Crippen LogP contribution in [-0.4, -0.2) is 59.0 Å². The van der Waals surface area contributed by atoms with Gasteiger partial charge in [-0.1, -0.05) is 0 Å². The van der Waals surface area contributed by atoms with Crippen LogP contribution < -0.4 is 5.32 Å². The lowest BCUT2D eigenvalue weighted by molar-refractivity contribution is -0.137. The second kappa shape index (κ2) is 9.37. The second-order valence-corrected chi connectivity index (χ2v) is 9.92. The van der Waals surface area contributed by atoms with Gasteiger partial charge >= 0.3 is 6.18 Å². The third-order valence-electron chi connectivity index (χ3n) is 7.47. The lowest BCUT2D eigenvalue weighted by Crippen LogP contribution is -2.32. The number of rotatable bonds is 5. The predicted molar refractivity (Wildman–Crippen MR) is 119 cm³/mol. The molecule has 34 heavy (non-hydrogen) atoms. The van der Waals surface area contributed by atoms with Crippen LogP contribution in [0.5, 0.6) is 0 Å². The summed E-state index contributed by atoms with van der Waals surface area (Å²) >= 11 is 0. The Morgan fingerprint density at radius 2 is 1.79 bits per heavy atom. The summed E-state index contributed by atoms with van der Waals surface area (Å²) in [6, 6.07) is 1.96. The van der Waals surface area contributed by atoms with Gasteiger partial charge in [0.05, 0.1) is 5.69 Å². The molecule has 184 valence electrons. The maximum Gasteiger partial charge on any atom is 0.420 e. The zero-order valence-corrected chi connectivity index (χ0v) is 19.1. The van der Waals surface area contributed by atoms with Crippen LogP contribution in [0.2, 0.25) is 0 Å². The van der Waals surface area contributed by atoms with E-state index in [0.717, 1.165) is 70.7 Å². The first-order chi connectivity index (χ1) is 16.3. The molecule has 2 aliphatic heterocycles. The van der Waals surface area contributed by atoms with E-state index in [1.54, 1.807) is 6.92 Å². The summed E-state index contributed by atoms with van der Waals surface area (Å²) in [4.78, 5) is 6.05. The molecule has 0 bridgehead atoms. The average Bonchev–Trinajstić information content (AvgIpc) is 3.33. The van der Waals surface area contributed by atoms with E-state index in [2.05, 4.69) is 25.4 Å². The van der Waals surface area contributed by atoms with Crippen molar-refractivity contribution in [3.05, 3.63) is 35.4 Å². The van der Waals surface area contributed by atoms with E-state index in [1.165, 1.54) is 6.20 Å². The number of pyridine rings is 1. The van der Waals surface area contributed by atoms with Crippen LogP contribution in [-0.2, 0) is 10.9 Å². The highest BCUT2D eigenvalue weighted by molar-refractivity contribution is 5.65. The van der Waals surface area contributed by atoms with Crippen LogP contribution >= 0.6 is 0 Å². The van der Waals surface area contributed by atoms with Gasteiger partial charge in [0.15, 0.2) is 5.82 Å². The Morgan fingerprint density at radius 1 is 1.09 bits per heavy atom. The van der Waals surface area contributed by atoms with Crippen LogP contribution in [0.25, 0.3) is 11.3 Å². The summed E-state index contributed by atoms with van der Waals surface area (Å²) < 4.78 is 60.7. The molecule has 1 N–H and O–H groups in total. The van der Waals surface area contributed by atoms with Gasteiger partial charge in [0, 0.05) is 56.7 Å².